The predicted octanol–water partition coefficient (Wildman–Crippen LogP) is 36.5. The van der Waals surface area contributed by atoms with Crippen molar-refractivity contribution in [3.8, 4) is 101 Å². The summed E-state index contributed by atoms with van der Waals surface area (Å²) in [5.74, 6) is 0.948. The van der Waals surface area contributed by atoms with E-state index in [2.05, 4.69) is 416 Å². The van der Waals surface area contributed by atoms with E-state index in [1.165, 1.54) is 163 Å². The van der Waals surface area contributed by atoms with Gasteiger partial charge in [0.05, 0.1) is 27.8 Å². The van der Waals surface area contributed by atoms with Crippen LogP contribution in [-0.2, 0) is 5.41 Å². The minimum absolute atomic E-state index is 0.0440. The van der Waals surface area contributed by atoms with Crippen LogP contribution in [0.1, 0.15) is 25.0 Å². The Kier molecular flexibility index (Phi) is 15.2. The van der Waals surface area contributed by atoms with Crippen molar-refractivity contribution in [1.29, 1.82) is 0 Å². The average Bonchev–Trinajstić information content (AvgIpc) is 1.52. The fraction of sp³-hybridized carbons (Fsp3) is 0.0234. The molecular weight excluding hydrogens is 1690 g/mol. The van der Waals surface area contributed by atoms with Gasteiger partial charge in [0.2, 0.25) is 0 Å². The van der Waals surface area contributed by atoms with Crippen molar-refractivity contribution in [2.24, 2.45) is 0 Å². The van der Waals surface area contributed by atoms with Gasteiger partial charge in [-0.25, -0.2) is 4.98 Å². The highest BCUT2D eigenvalue weighted by atomic mass is 32.1. The zero-order chi connectivity index (χ0) is 89.5. The standard InChI is InChI=1S/C52H29NO3.C43H27NO.C33H18N2S/c1-2-9-30(10-3-1)32-11-6-13-34(27-32)53(36-21-22-39-38-15-4-5-17-41(38)54-46(39)29-36)35-14-7-12-33(28-35)37-23-26-45-52-48(37)40-16-8-18-42-49(40)50-43(55-42)24-19-31-20-25-44(56-45)51(52)47(31)50;1-43(2)31-15-6-13-28-29-14-7-16-33-40(29)42-34(22-20-24-19-21-32(43)41(37(24)42)39(28)31)44(33)26-10-5-9-25(23-26)27-12-8-18-36-38(27)30-11-3-4-17-35(30)45-36;1-2-7-19(8-3-1)23-11-6-14-28(34-23)35-24-12-4-9-21-22-10-5-13-26-31(22)33-27(36-26)18-16-20-15-17-25(35)32(29(20)33)30(21)24/h1-29H;3-23H,1-2H3;1-18H. The number of rotatable bonds is 9. The second-order valence-electron chi connectivity index (χ2n) is 37.6. The summed E-state index contributed by atoms with van der Waals surface area (Å²) in [6.45, 7) is 4.77. The van der Waals surface area contributed by atoms with Crippen molar-refractivity contribution < 1.29 is 17.7 Å². The quantitative estimate of drug-likeness (QED) is 0.143. The predicted molar refractivity (Wildman–Crippen MR) is 571 cm³/mol. The summed E-state index contributed by atoms with van der Waals surface area (Å²) in [6.07, 6.45) is 0. The molecule has 8 heterocycles. The van der Waals surface area contributed by atoms with Crippen LogP contribution in [0.25, 0.3) is 285 Å². The molecule has 21 aromatic carbocycles. The van der Waals surface area contributed by atoms with Crippen LogP contribution in [0.5, 0.6) is 0 Å². The molecule has 8 nitrogen and oxygen atoms in total. The van der Waals surface area contributed by atoms with Crippen LogP contribution >= 0.6 is 11.3 Å². The molecule has 0 radical (unpaired) electrons. The second-order valence-corrected chi connectivity index (χ2v) is 38.7. The lowest BCUT2D eigenvalue weighted by atomic mass is 9.81. The number of aromatic nitrogens is 3. The largest absolute Gasteiger partial charge is 0.456 e. The number of pyridine rings is 1. The van der Waals surface area contributed by atoms with Crippen LogP contribution in [0.2, 0.25) is 0 Å². The molecule has 636 valence electrons. The number of anilines is 3. The molecule has 29 aromatic rings. The highest BCUT2D eigenvalue weighted by Gasteiger charge is 2.41. The zero-order valence-electron chi connectivity index (χ0n) is 74.1. The number of hydrogen-bond acceptors (Lipinski definition) is 7. The van der Waals surface area contributed by atoms with Gasteiger partial charge in [0.15, 0.2) is 0 Å². The van der Waals surface area contributed by atoms with Gasteiger partial charge in [-0.1, -0.05) is 281 Å². The first-order chi connectivity index (χ1) is 67.7. The Labute approximate surface area is 786 Å². The maximum atomic E-state index is 6.62. The number of benzene rings is 21. The first-order valence-corrected chi connectivity index (χ1v) is 47.8. The Balaban J connectivity index is 0.0000000977. The van der Waals surface area contributed by atoms with E-state index in [-0.39, 0.29) is 5.41 Å². The van der Waals surface area contributed by atoms with Crippen LogP contribution in [0.3, 0.4) is 0 Å². The van der Waals surface area contributed by atoms with Crippen LogP contribution in [-0.4, -0.2) is 14.1 Å². The van der Waals surface area contributed by atoms with E-state index in [9.17, 15) is 0 Å². The summed E-state index contributed by atoms with van der Waals surface area (Å²) in [4.78, 5) is 7.51. The molecule has 0 bridgehead atoms. The number of thiophene rings is 1. The minimum Gasteiger partial charge on any atom is -0.456 e. The van der Waals surface area contributed by atoms with Gasteiger partial charge in [0.1, 0.15) is 50.5 Å². The summed E-state index contributed by atoms with van der Waals surface area (Å²) < 4.78 is 33.4. The second kappa shape index (κ2) is 27.8. The molecule has 4 aliphatic carbocycles. The zero-order valence-corrected chi connectivity index (χ0v) is 74.9. The molecular formula is C128H74N4O4S. The topological polar surface area (TPSA) is 78.5 Å². The average molecular weight is 1760 g/mol. The van der Waals surface area contributed by atoms with Gasteiger partial charge in [-0.3, -0.25) is 4.57 Å². The summed E-state index contributed by atoms with van der Waals surface area (Å²) in [7, 11) is 0. The van der Waals surface area contributed by atoms with Crippen LogP contribution in [0, 0.1) is 0 Å². The number of furan rings is 4. The monoisotopic (exact) mass is 1760 g/mol. The molecule has 0 amide bonds. The number of para-hydroxylation sites is 2. The first-order valence-electron chi connectivity index (χ1n) is 47.0. The Bertz CT molecular complexity index is 10400. The van der Waals surface area contributed by atoms with Crippen molar-refractivity contribution in [2.45, 2.75) is 19.3 Å². The molecule has 0 unspecified atom stereocenters. The Morgan fingerprint density at radius 2 is 0.730 bits per heavy atom. The van der Waals surface area contributed by atoms with E-state index in [0.29, 0.717) is 0 Å². The number of hydrogen-bond donors (Lipinski definition) is 0. The third-order valence-corrected chi connectivity index (χ3v) is 31.3. The van der Waals surface area contributed by atoms with E-state index in [1.54, 1.807) is 0 Å². The maximum absolute atomic E-state index is 6.62. The van der Waals surface area contributed by atoms with E-state index in [0.717, 1.165) is 150 Å². The van der Waals surface area contributed by atoms with Gasteiger partial charge in [-0.05, 0) is 245 Å². The molecule has 137 heavy (non-hydrogen) atoms. The molecule has 0 saturated heterocycles. The minimum atomic E-state index is -0.0440. The fourth-order valence-electron chi connectivity index (χ4n) is 24.4. The highest BCUT2D eigenvalue weighted by molar-refractivity contribution is 7.26. The Morgan fingerprint density at radius 3 is 1.52 bits per heavy atom. The van der Waals surface area contributed by atoms with Crippen molar-refractivity contribution >= 4 is 212 Å². The molecule has 4 aliphatic rings. The third-order valence-electron chi connectivity index (χ3n) is 30.2. The van der Waals surface area contributed by atoms with Crippen molar-refractivity contribution in [1.82, 2.24) is 14.1 Å². The molecule has 0 N–H and O–H groups in total. The number of fused-ring (bicyclic) bond motifs is 9. The number of nitrogens with zero attached hydrogens (tertiary/aromatic N) is 4. The third kappa shape index (κ3) is 10.4. The van der Waals surface area contributed by atoms with Crippen LogP contribution < -0.4 is 4.90 Å². The normalized spacial score (nSPS) is 12.9. The first kappa shape index (κ1) is 75.0. The molecule has 8 aromatic heterocycles. The van der Waals surface area contributed by atoms with Crippen molar-refractivity contribution in [3.05, 3.63) is 424 Å². The lowest BCUT2D eigenvalue weighted by molar-refractivity contribution is 0.661. The van der Waals surface area contributed by atoms with Gasteiger partial charge in [0.25, 0.3) is 0 Å². The molecule has 0 saturated carbocycles. The molecule has 33 rings (SSSR count). The van der Waals surface area contributed by atoms with Gasteiger partial charge >= 0.3 is 0 Å². The smallest absolute Gasteiger partial charge is 0.138 e. The van der Waals surface area contributed by atoms with Gasteiger partial charge in [0, 0.05) is 141 Å². The fourth-order valence-corrected chi connectivity index (χ4v) is 25.6. The van der Waals surface area contributed by atoms with E-state index < -0.39 is 0 Å². The maximum Gasteiger partial charge on any atom is 0.138 e. The van der Waals surface area contributed by atoms with Gasteiger partial charge in [-0.15, -0.1) is 11.3 Å². The van der Waals surface area contributed by atoms with Crippen LogP contribution in [0.15, 0.2) is 430 Å². The lowest BCUT2D eigenvalue weighted by Crippen LogP contribution is -2.14. The lowest BCUT2D eigenvalue weighted by Gasteiger charge is -2.27. The molecule has 9 heteroatoms. The summed E-state index contributed by atoms with van der Waals surface area (Å²) in [5, 5.41) is 25.1. The summed E-state index contributed by atoms with van der Waals surface area (Å²) in [6, 6.07) is 149. The molecule has 0 atom stereocenters. The molecule has 0 aliphatic heterocycles. The van der Waals surface area contributed by atoms with Gasteiger partial charge in [-0.2, -0.15) is 0 Å². The van der Waals surface area contributed by atoms with E-state index in [4.69, 9.17) is 22.7 Å². The summed E-state index contributed by atoms with van der Waals surface area (Å²) in [5.41, 5.74) is 38.7. The van der Waals surface area contributed by atoms with E-state index in [1.807, 2.05) is 35.6 Å². The Hall–Kier alpha value is -17.6. The van der Waals surface area contributed by atoms with Crippen LogP contribution in [0.4, 0.5) is 17.1 Å². The van der Waals surface area contributed by atoms with Crippen molar-refractivity contribution in [2.75, 3.05) is 4.90 Å². The SMILES string of the molecule is CC1(C)c2cccc3c2-c2c1ccc1ccc4c(c21)c1c-3cccc1n4-c1cccc(-c2cccc3oc4ccccc4c23)c1.c1ccc(-c2cccc(-n3c4cccc5c4c4c6c(ccc7sc8cccc-5c8c76)ccc43)n2)cc1.c1ccc(-c2cccc(N(c3cccc(-c4ccc5oc6ccc7ccc8oc9cccc%10c9c8c7c6c5c4-%10)c3)c3ccc4c(c3)oc3ccccc34)c2)cc1. The van der Waals surface area contributed by atoms with Crippen molar-refractivity contribution in [3.63, 3.8) is 0 Å². The molecule has 0 spiro atoms. The molecule has 0 fully saturated rings. The summed E-state index contributed by atoms with van der Waals surface area (Å²) >= 11 is 1.90. The highest BCUT2D eigenvalue weighted by Crippen LogP contribution is 2.61. The van der Waals surface area contributed by atoms with E-state index >= 15 is 0 Å². The van der Waals surface area contributed by atoms with Gasteiger partial charge < -0.3 is 27.1 Å². The Morgan fingerprint density at radius 1 is 0.241 bits per heavy atom.